The second-order valence-electron chi connectivity index (χ2n) is 7.40. The third-order valence-corrected chi connectivity index (χ3v) is 5.19. The van der Waals surface area contributed by atoms with Crippen LogP contribution >= 0.6 is 0 Å². The van der Waals surface area contributed by atoms with Crippen molar-refractivity contribution in [2.45, 2.75) is 38.4 Å². The average molecular weight is 431 g/mol. The predicted octanol–water partition coefficient (Wildman–Crippen LogP) is -1.34. The van der Waals surface area contributed by atoms with Crippen molar-refractivity contribution >= 4 is 11.8 Å². The molecule has 12 nitrogen and oxygen atoms in total. The minimum Gasteiger partial charge on any atom is -0.394 e. The van der Waals surface area contributed by atoms with Gasteiger partial charge in [-0.1, -0.05) is 13.8 Å². The molecule has 12 heteroatoms. The Labute approximate surface area is 173 Å². The van der Waals surface area contributed by atoms with Gasteiger partial charge >= 0.3 is 11.7 Å². The van der Waals surface area contributed by atoms with E-state index >= 15 is 0 Å². The van der Waals surface area contributed by atoms with Crippen molar-refractivity contribution in [1.82, 2.24) is 9.55 Å². The van der Waals surface area contributed by atoms with Crippen molar-refractivity contribution in [3.05, 3.63) is 22.7 Å². The fraction of sp³-hybridized carbons (Fsp3) is 0.722. The molecule has 2 heterocycles. The minimum atomic E-state index is -1.42. The molecule has 0 radical (unpaired) electrons. The van der Waals surface area contributed by atoms with E-state index in [1.54, 1.807) is 0 Å². The number of hydrogen-bond donors (Lipinski definition) is 4. The summed E-state index contributed by atoms with van der Waals surface area (Å²) in [4.78, 5) is 33.9. The lowest BCUT2D eigenvalue weighted by molar-refractivity contribution is -0.165. The van der Waals surface area contributed by atoms with Gasteiger partial charge in [-0.05, 0) is 5.92 Å². The summed E-state index contributed by atoms with van der Waals surface area (Å²) in [5.41, 5.74) is 0.451. The van der Waals surface area contributed by atoms with Crippen molar-refractivity contribution in [2.24, 2.45) is 11.3 Å². The van der Waals surface area contributed by atoms with Crippen LogP contribution in [-0.2, 0) is 23.8 Å². The van der Waals surface area contributed by atoms with Crippen LogP contribution in [0.25, 0.3) is 0 Å². The van der Waals surface area contributed by atoms with Gasteiger partial charge in [0.2, 0.25) is 0 Å². The first-order valence-corrected chi connectivity index (χ1v) is 9.38. The smallest absolute Gasteiger partial charge is 0.351 e. The summed E-state index contributed by atoms with van der Waals surface area (Å²) in [7, 11) is 2.93. The summed E-state index contributed by atoms with van der Waals surface area (Å²) >= 11 is 0. The molecular formula is C18H29N3O9. The van der Waals surface area contributed by atoms with Gasteiger partial charge in [0.05, 0.1) is 19.8 Å². The highest BCUT2D eigenvalue weighted by atomic mass is 16.7. The van der Waals surface area contributed by atoms with E-state index in [4.69, 9.17) is 24.2 Å². The SMILES string of the molecule is COCC(COC)(C(=O)ONc1ccn([C@@H]2O[C@H](CO)[C@@H](O)[C@H]2O)c(=O)n1)C(C)C. The highest BCUT2D eigenvalue weighted by Gasteiger charge is 2.45. The zero-order valence-corrected chi connectivity index (χ0v) is 17.3. The number of anilines is 1. The zero-order valence-electron chi connectivity index (χ0n) is 17.3. The van der Waals surface area contributed by atoms with Crippen LogP contribution in [0.3, 0.4) is 0 Å². The largest absolute Gasteiger partial charge is 0.394 e. The Balaban J connectivity index is 2.12. The molecule has 1 saturated heterocycles. The Bertz CT molecular complexity index is 764. The molecule has 1 fully saturated rings. The monoisotopic (exact) mass is 431 g/mol. The number of carbonyl (C=O) groups excluding carboxylic acids is 1. The van der Waals surface area contributed by atoms with E-state index in [9.17, 15) is 19.8 Å². The Morgan fingerprint density at radius 2 is 1.93 bits per heavy atom. The van der Waals surface area contributed by atoms with Gasteiger partial charge in [0, 0.05) is 26.5 Å². The quantitative estimate of drug-likeness (QED) is 0.324. The molecule has 1 aromatic rings. The molecule has 0 amide bonds. The van der Waals surface area contributed by atoms with E-state index in [1.165, 1.54) is 26.5 Å². The number of aromatic nitrogens is 2. The van der Waals surface area contributed by atoms with Crippen molar-refractivity contribution < 1.29 is 39.2 Å². The van der Waals surface area contributed by atoms with Gasteiger partial charge in [0.1, 0.15) is 23.7 Å². The van der Waals surface area contributed by atoms with Gasteiger partial charge in [0.15, 0.2) is 12.0 Å². The molecule has 0 aliphatic carbocycles. The molecule has 30 heavy (non-hydrogen) atoms. The minimum absolute atomic E-state index is 0.0520. The van der Waals surface area contributed by atoms with Gasteiger partial charge < -0.3 is 34.4 Å². The lowest BCUT2D eigenvalue weighted by Crippen LogP contribution is -2.46. The summed E-state index contributed by atoms with van der Waals surface area (Å²) in [5.74, 6) is -0.862. The maximum atomic E-state index is 12.7. The van der Waals surface area contributed by atoms with Crippen LogP contribution in [0, 0.1) is 11.3 Å². The van der Waals surface area contributed by atoms with Crippen LogP contribution in [0.1, 0.15) is 20.1 Å². The highest BCUT2D eigenvalue weighted by molar-refractivity contribution is 5.78. The molecule has 2 rings (SSSR count). The lowest BCUT2D eigenvalue weighted by atomic mass is 9.78. The normalized spacial score (nSPS) is 24.3. The first-order valence-electron chi connectivity index (χ1n) is 9.38. The van der Waals surface area contributed by atoms with Gasteiger partial charge in [-0.25, -0.2) is 15.1 Å². The molecule has 1 aliphatic heterocycles. The molecule has 0 aromatic carbocycles. The summed E-state index contributed by atoms with van der Waals surface area (Å²) in [5, 5.41) is 29.0. The summed E-state index contributed by atoms with van der Waals surface area (Å²) in [6.07, 6.45) is -3.76. The maximum Gasteiger partial charge on any atom is 0.351 e. The van der Waals surface area contributed by atoms with Crippen LogP contribution in [0.4, 0.5) is 5.82 Å². The van der Waals surface area contributed by atoms with Crippen LogP contribution in [0.15, 0.2) is 17.1 Å². The van der Waals surface area contributed by atoms with E-state index in [1.807, 2.05) is 13.8 Å². The number of hydrogen-bond acceptors (Lipinski definition) is 11. The Morgan fingerprint density at radius 3 is 2.40 bits per heavy atom. The van der Waals surface area contributed by atoms with Gasteiger partial charge in [0.25, 0.3) is 0 Å². The summed E-state index contributed by atoms with van der Waals surface area (Å²) < 4.78 is 16.6. The molecule has 170 valence electrons. The number of carbonyl (C=O) groups is 1. The second-order valence-corrected chi connectivity index (χ2v) is 7.40. The van der Waals surface area contributed by atoms with E-state index in [0.29, 0.717) is 0 Å². The molecule has 4 atom stereocenters. The second kappa shape index (κ2) is 10.3. The van der Waals surface area contributed by atoms with Gasteiger partial charge in [-0.2, -0.15) is 4.98 Å². The predicted molar refractivity (Wildman–Crippen MR) is 102 cm³/mol. The molecule has 1 aliphatic rings. The van der Waals surface area contributed by atoms with E-state index < -0.39 is 48.2 Å². The number of ether oxygens (including phenoxy) is 3. The van der Waals surface area contributed by atoms with Crippen molar-refractivity contribution in [2.75, 3.05) is 39.5 Å². The standard InChI is InChI=1S/C18H29N3O9/c1-10(2)18(8-27-3,9-28-4)16(25)30-20-12-5-6-21(17(26)19-12)15-14(24)13(23)11(7-22)29-15/h5-6,10-11,13-15,22-24H,7-9H2,1-4H3,(H,19,20,26)/t11-,13-,14-,15-/m1/s1. The number of rotatable bonds is 10. The fourth-order valence-electron chi connectivity index (χ4n) is 3.22. The first kappa shape index (κ1) is 24.2. The summed E-state index contributed by atoms with van der Waals surface area (Å²) in [6.45, 7) is 3.28. The molecule has 0 saturated carbocycles. The van der Waals surface area contributed by atoms with E-state index in [-0.39, 0.29) is 24.9 Å². The van der Waals surface area contributed by atoms with Gasteiger partial charge in [-0.3, -0.25) is 4.57 Å². The third-order valence-electron chi connectivity index (χ3n) is 5.19. The number of aliphatic hydroxyl groups excluding tert-OH is 3. The Morgan fingerprint density at radius 1 is 1.30 bits per heavy atom. The van der Waals surface area contributed by atoms with Crippen molar-refractivity contribution in [3.8, 4) is 0 Å². The topological polar surface area (TPSA) is 162 Å². The number of aliphatic hydroxyl groups is 3. The molecule has 1 aromatic heterocycles. The lowest BCUT2D eigenvalue weighted by Gasteiger charge is -2.33. The molecular weight excluding hydrogens is 402 g/mol. The highest BCUT2D eigenvalue weighted by Crippen LogP contribution is 2.31. The number of methoxy groups -OCH3 is 2. The van der Waals surface area contributed by atoms with Crippen molar-refractivity contribution in [1.29, 1.82) is 0 Å². The zero-order chi connectivity index (χ0) is 22.5. The number of nitrogens with one attached hydrogen (secondary N) is 1. The fourth-order valence-corrected chi connectivity index (χ4v) is 3.22. The first-order chi connectivity index (χ1) is 14.2. The van der Waals surface area contributed by atoms with E-state index in [0.717, 1.165) is 4.57 Å². The Kier molecular flexibility index (Phi) is 8.29. The van der Waals surface area contributed by atoms with E-state index in [2.05, 4.69) is 10.5 Å². The Hall–Kier alpha value is -2.09. The number of nitrogens with zero attached hydrogens (tertiary/aromatic N) is 2. The summed E-state index contributed by atoms with van der Waals surface area (Å²) in [6, 6.07) is 1.33. The maximum absolute atomic E-state index is 12.7. The van der Waals surface area contributed by atoms with Crippen LogP contribution in [0.5, 0.6) is 0 Å². The van der Waals surface area contributed by atoms with Crippen LogP contribution < -0.4 is 11.2 Å². The molecule has 4 N–H and O–H groups in total. The van der Waals surface area contributed by atoms with Gasteiger partial charge in [-0.15, -0.1) is 0 Å². The van der Waals surface area contributed by atoms with Crippen LogP contribution in [-0.4, -0.2) is 83.2 Å². The molecule has 0 unspecified atom stereocenters. The van der Waals surface area contributed by atoms with Crippen LogP contribution in [0.2, 0.25) is 0 Å². The van der Waals surface area contributed by atoms with Crippen molar-refractivity contribution in [3.63, 3.8) is 0 Å². The molecule has 0 spiro atoms. The molecule has 0 bridgehead atoms. The average Bonchev–Trinajstić information content (AvgIpc) is 2.99. The third kappa shape index (κ3) is 4.79.